The predicted octanol–water partition coefficient (Wildman–Crippen LogP) is 3.44. The number of nitrogens with zero attached hydrogens (tertiary/aromatic N) is 3. The number of likely N-dealkylation sites (N-methyl/N-ethyl adjacent to an activating group) is 1. The van der Waals surface area contributed by atoms with Crippen LogP contribution in [0.3, 0.4) is 0 Å². The summed E-state index contributed by atoms with van der Waals surface area (Å²) in [5.74, 6) is 0.955. The van der Waals surface area contributed by atoms with Crippen LogP contribution in [-0.2, 0) is 26.7 Å². The van der Waals surface area contributed by atoms with Crippen molar-refractivity contribution in [1.82, 2.24) is 9.21 Å². The highest BCUT2D eigenvalue weighted by Crippen LogP contribution is 2.66. The van der Waals surface area contributed by atoms with Crippen molar-refractivity contribution in [2.45, 2.75) is 59.8 Å². The van der Waals surface area contributed by atoms with Crippen LogP contribution in [0.5, 0.6) is 11.5 Å². The molecular formula is C33H37N3O7S. The molecule has 0 unspecified atom stereocenters. The standard InChI is InChI=1S/C33H37N3O7S/c1-34(2)23-7-5-6-8-26(23)44(39,40)36-17-16-32-29-22-10-11-25(41-4)30(29)43-31(32)24(13-15-33(32,38)27(36)19-22)35(3)28(37)12-9-21-14-18-42-20-21/h5-12,14,18,20,24,27,31,38H,13,15-17,19H2,1-4H3/t24-,27-,31+,32+,33-/m1/s1. The minimum absolute atomic E-state index is 0.197. The molecule has 232 valence electrons. The van der Waals surface area contributed by atoms with E-state index >= 15 is 0 Å². The molecule has 2 aliphatic heterocycles. The molecule has 1 saturated carbocycles. The summed E-state index contributed by atoms with van der Waals surface area (Å²) in [5.41, 5.74) is 0.861. The molecule has 1 N–H and O–H groups in total. The van der Waals surface area contributed by atoms with Gasteiger partial charge < -0.3 is 28.8 Å². The first kappa shape index (κ1) is 28.9. The van der Waals surface area contributed by atoms with Crippen molar-refractivity contribution in [3.8, 4) is 11.5 Å². The van der Waals surface area contributed by atoms with E-state index in [0.29, 0.717) is 42.9 Å². The van der Waals surface area contributed by atoms with E-state index in [1.165, 1.54) is 10.4 Å². The molecule has 2 bridgehead atoms. The molecule has 2 aliphatic carbocycles. The number of benzene rings is 2. The molecule has 7 rings (SSSR count). The highest BCUT2D eigenvalue weighted by Gasteiger charge is 2.74. The van der Waals surface area contributed by atoms with Crippen molar-refractivity contribution in [1.29, 1.82) is 0 Å². The second-order valence-electron chi connectivity index (χ2n) is 12.5. The average molecular weight is 620 g/mol. The molecule has 3 heterocycles. The van der Waals surface area contributed by atoms with Crippen molar-refractivity contribution in [3.63, 3.8) is 0 Å². The monoisotopic (exact) mass is 619 g/mol. The number of piperidine rings is 1. The van der Waals surface area contributed by atoms with E-state index in [1.807, 2.05) is 32.3 Å². The number of amides is 1. The Morgan fingerprint density at radius 3 is 2.66 bits per heavy atom. The Morgan fingerprint density at radius 2 is 1.93 bits per heavy atom. The first-order valence-electron chi connectivity index (χ1n) is 14.9. The third kappa shape index (κ3) is 3.85. The molecule has 1 aromatic heterocycles. The number of carbonyl (C=O) groups excluding carboxylic acids is 1. The SMILES string of the molecule is COc1ccc2c3c1O[C@H]1[C@H](N(C)C(=O)C=Cc4ccoc4)CC[C@@]4(O)[C@@H](C2)N(S(=O)(=O)c2ccccc2N(C)C)CC[C@]314. The van der Waals surface area contributed by atoms with Crippen LogP contribution in [0.1, 0.15) is 36.0 Å². The minimum Gasteiger partial charge on any atom is -0.493 e. The summed E-state index contributed by atoms with van der Waals surface area (Å²) in [7, 11) is 3.01. The zero-order valence-electron chi connectivity index (χ0n) is 25.3. The largest absolute Gasteiger partial charge is 0.493 e. The van der Waals surface area contributed by atoms with E-state index in [4.69, 9.17) is 13.9 Å². The highest BCUT2D eigenvalue weighted by atomic mass is 32.2. The third-order valence-electron chi connectivity index (χ3n) is 10.3. The fourth-order valence-corrected chi connectivity index (χ4v) is 10.2. The Balaban J connectivity index is 1.32. The number of para-hydroxylation sites is 1. The summed E-state index contributed by atoms with van der Waals surface area (Å²) in [4.78, 5) is 17.1. The van der Waals surface area contributed by atoms with Crippen molar-refractivity contribution in [3.05, 3.63) is 77.8 Å². The van der Waals surface area contributed by atoms with E-state index in [1.54, 1.807) is 66.8 Å². The molecule has 10 nitrogen and oxygen atoms in total. The molecule has 4 aliphatic rings. The third-order valence-corrected chi connectivity index (χ3v) is 12.3. The Labute approximate surface area is 257 Å². The second-order valence-corrected chi connectivity index (χ2v) is 14.3. The average Bonchev–Trinajstić information content (AvgIpc) is 3.65. The molecule has 44 heavy (non-hydrogen) atoms. The van der Waals surface area contributed by atoms with Gasteiger partial charge in [-0.1, -0.05) is 18.2 Å². The number of sulfonamides is 1. The van der Waals surface area contributed by atoms with Crippen LogP contribution in [0.2, 0.25) is 0 Å². The van der Waals surface area contributed by atoms with Gasteiger partial charge in [-0.25, -0.2) is 8.42 Å². The number of rotatable bonds is 7. The highest BCUT2D eigenvalue weighted by molar-refractivity contribution is 7.89. The van der Waals surface area contributed by atoms with Gasteiger partial charge in [-0.15, -0.1) is 0 Å². The van der Waals surface area contributed by atoms with E-state index in [2.05, 4.69) is 0 Å². The lowest BCUT2D eigenvalue weighted by Crippen LogP contribution is -2.78. The van der Waals surface area contributed by atoms with Crippen LogP contribution in [0.4, 0.5) is 5.69 Å². The maximum atomic E-state index is 14.4. The lowest BCUT2D eigenvalue weighted by Gasteiger charge is -2.64. The molecule has 1 spiro atoms. The van der Waals surface area contributed by atoms with Crippen molar-refractivity contribution >= 4 is 27.7 Å². The molecule has 2 fully saturated rings. The predicted molar refractivity (Wildman–Crippen MR) is 164 cm³/mol. The number of methoxy groups -OCH3 is 1. The Morgan fingerprint density at radius 1 is 1.14 bits per heavy atom. The second kappa shape index (κ2) is 10.1. The first-order valence-corrected chi connectivity index (χ1v) is 16.3. The van der Waals surface area contributed by atoms with E-state index in [9.17, 15) is 18.3 Å². The molecule has 3 aromatic rings. The van der Waals surface area contributed by atoms with Gasteiger partial charge in [-0.2, -0.15) is 4.31 Å². The summed E-state index contributed by atoms with van der Waals surface area (Å²) in [5, 5.41) is 12.9. The van der Waals surface area contributed by atoms with Gasteiger partial charge >= 0.3 is 0 Å². The van der Waals surface area contributed by atoms with Crippen LogP contribution < -0.4 is 14.4 Å². The topological polar surface area (TPSA) is 113 Å². The fraction of sp³-hybridized carbons (Fsp3) is 0.424. The number of ether oxygens (including phenoxy) is 2. The minimum atomic E-state index is -3.98. The van der Waals surface area contributed by atoms with Gasteiger partial charge in [-0.05, 0) is 61.6 Å². The summed E-state index contributed by atoms with van der Waals surface area (Å²) in [6.07, 6.45) is 7.17. The number of hydrogen-bond donors (Lipinski definition) is 1. The van der Waals surface area contributed by atoms with Gasteiger partial charge in [0.1, 0.15) is 11.0 Å². The van der Waals surface area contributed by atoms with Gasteiger partial charge in [0.15, 0.2) is 11.5 Å². The summed E-state index contributed by atoms with van der Waals surface area (Å²) >= 11 is 0. The number of aliphatic hydroxyl groups is 1. The van der Waals surface area contributed by atoms with Gasteiger partial charge in [-0.3, -0.25) is 4.79 Å². The number of hydrogen-bond acceptors (Lipinski definition) is 8. The molecule has 1 amide bonds. The molecule has 5 atom stereocenters. The lowest BCUT2D eigenvalue weighted by molar-refractivity contribution is -0.186. The quantitative estimate of drug-likeness (QED) is 0.401. The molecular weight excluding hydrogens is 582 g/mol. The summed E-state index contributed by atoms with van der Waals surface area (Å²) in [6.45, 7) is 0.206. The van der Waals surface area contributed by atoms with Crippen LogP contribution in [0, 0.1) is 0 Å². The van der Waals surface area contributed by atoms with Crippen LogP contribution in [-0.4, -0.2) is 87.2 Å². The summed E-state index contributed by atoms with van der Waals surface area (Å²) < 4.78 is 48.0. The molecule has 2 aromatic carbocycles. The molecule has 11 heteroatoms. The normalized spacial score (nSPS) is 28.8. The Bertz CT molecular complexity index is 1750. The molecule has 0 radical (unpaired) electrons. The zero-order valence-corrected chi connectivity index (χ0v) is 26.1. The maximum Gasteiger partial charge on any atom is 0.246 e. The van der Waals surface area contributed by atoms with Crippen LogP contribution >= 0.6 is 0 Å². The number of carbonyl (C=O) groups is 1. The van der Waals surface area contributed by atoms with E-state index in [-0.39, 0.29) is 23.4 Å². The van der Waals surface area contributed by atoms with Crippen LogP contribution in [0.25, 0.3) is 6.08 Å². The van der Waals surface area contributed by atoms with Gasteiger partial charge in [0, 0.05) is 44.9 Å². The zero-order chi connectivity index (χ0) is 31.0. The lowest BCUT2D eigenvalue weighted by atomic mass is 9.48. The van der Waals surface area contributed by atoms with Crippen LogP contribution in [0.15, 0.2) is 70.4 Å². The van der Waals surface area contributed by atoms with Gasteiger partial charge in [0.2, 0.25) is 15.9 Å². The van der Waals surface area contributed by atoms with Crippen molar-refractivity contribution in [2.24, 2.45) is 0 Å². The number of anilines is 1. The Kier molecular flexibility index (Phi) is 6.65. The van der Waals surface area contributed by atoms with E-state index < -0.39 is 33.2 Å². The summed E-state index contributed by atoms with van der Waals surface area (Å²) in [6, 6.07) is 11.5. The maximum absolute atomic E-state index is 14.4. The first-order chi connectivity index (χ1) is 21.0. The van der Waals surface area contributed by atoms with E-state index in [0.717, 1.165) is 16.7 Å². The van der Waals surface area contributed by atoms with Crippen molar-refractivity contribution < 1.29 is 32.2 Å². The fourth-order valence-electron chi connectivity index (χ4n) is 8.30. The number of furan rings is 1. The van der Waals surface area contributed by atoms with Gasteiger partial charge in [0.05, 0.1) is 48.4 Å². The Hall–Kier alpha value is -3.80. The smallest absolute Gasteiger partial charge is 0.246 e. The van der Waals surface area contributed by atoms with Gasteiger partial charge in [0.25, 0.3) is 0 Å². The van der Waals surface area contributed by atoms with Crippen molar-refractivity contribution in [2.75, 3.05) is 39.7 Å². The molecule has 1 saturated heterocycles.